The minimum atomic E-state index is -3.68. The minimum Gasteiger partial charge on any atom is -0.450 e. The van der Waals surface area contributed by atoms with Crippen molar-refractivity contribution in [2.24, 2.45) is 5.73 Å². The van der Waals surface area contributed by atoms with Gasteiger partial charge in [0.05, 0.1) is 23.6 Å². The van der Waals surface area contributed by atoms with Crippen LogP contribution in [0.1, 0.15) is 77.6 Å². The second kappa shape index (κ2) is 13.2. The van der Waals surface area contributed by atoms with Crippen molar-refractivity contribution < 1.29 is 27.5 Å². The van der Waals surface area contributed by atoms with Crippen molar-refractivity contribution in [3.63, 3.8) is 0 Å². The van der Waals surface area contributed by atoms with Gasteiger partial charge in [-0.1, -0.05) is 26.7 Å². The molecule has 0 saturated heterocycles. The first-order valence-electron chi connectivity index (χ1n) is 12.9. The molecule has 1 aliphatic heterocycles. The van der Waals surface area contributed by atoms with Crippen molar-refractivity contribution in [3.05, 3.63) is 45.8 Å². The van der Waals surface area contributed by atoms with Crippen LogP contribution >= 0.6 is 11.3 Å². The zero-order valence-electron chi connectivity index (χ0n) is 22.1. The molecule has 1 aliphatic rings. The molecule has 0 unspecified atom stereocenters. The van der Waals surface area contributed by atoms with E-state index >= 15 is 0 Å². The molecule has 38 heavy (non-hydrogen) atoms. The van der Waals surface area contributed by atoms with E-state index in [1.807, 2.05) is 13.8 Å². The number of amides is 3. The Morgan fingerprint density at radius 2 is 1.71 bits per heavy atom. The molecule has 3 rings (SSSR count). The average Bonchev–Trinajstić information content (AvgIpc) is 3.26. The maximum Gasteiger partial charge on any atom is 0.410 e. The smallest absolute Gasteiger partial charge is 0.410 e. The number of hydrogen-bond acceptors (Lipinski definition) is 7. The molecule has 12 heteroatoms. The summed E-state index contributed by atoms with van der Waals surface area (Å²) in [5.41, 5.74) is 6.85. The van der Waals surface area contributed by atoms with Crippen molar-refractivity contribution in [1.82, 2.24) is 9.21 Å². The number of unbranched alkanes of at least 4 members (excludes halogenated alkanes) is 2. The zero-order chi connectivity index (χ0) is 27.9. The van der Waals surface area contributed by atoms with E-state index < -0.39 is 27.9 Å². The number of nitrogens with two attached hydrogens (primary N) is 1. The van der Waals surface area contributed by atoms with Crippen LogP contribution in [0.5, 0.6) is 0 Å². The topological polar surface area (TPSA) is 139 Å². The lowest BCUT2D eigenvalue weighted by molar-refractivity contribution is 0.0997. The van der Waals surface area contributed by atoms with Gasteiger partial charge < -0.3 is 20.7 Å². The molecular formula is C26H36N4O6S2. The third-order valence-corrected chi connectivity index (χ3v) is 9.38. The Morgan fingerprint density at radius 3 is 2.26 bits per heavy atom. The van der Waals surface area contributed by atoms with Gasteiger partial charge in [0.15, 0.2) is 0 Å². The number of carbonyl (C=O) groups excluding carboxylic acids is 3. The van der Waals surface area contributed by atoms with Crippen molar-refractivity contribution in [2.75, 3.05) is 31.6 Å². The predicted molar refractivity (Wildman–Crippen MR) is 147 cm³/mol. The number of ether oxygens (including phenoxy) is 1. The monoisotopic (exact) mass is 564 g/mol. The number of fused-ring (bicyclic) bond motifs is 1. The SMILES string of the molecule is CCCCN(CCCC)S(=O)(=O)c1ccc(C(=O)Nc2sc3c(c2C(N)=O)CCN(C(=O)OCC)C3)cc1. The summed E-state index contributed by atoms with van der Waals surface area (Å²) in [6.45, 7) is 7.56. The number of nitrogens with zero attached hydrogens (tertiary/aromatic N) is 2. The number of sulfonamides is 1. The fourth-order valence-electron chi connectivity index (χ4n) is 4.25. The van der Waals surface area contributed by atoms with E-state index in [2.05, 4.69) is 5.32 Å². The normalized spacial score (nSPS) is 13.3. The minimum absolute atomic E-state index is 0.129. The van der Waals surface area contributed by atoms with Crippen LogP contribution in [0.15, 0.2) is 29.2 Å². The van der Waals surface area contributed by atoms with Gasteiger partial charge in [0.2, 0.25) is 10.0 Å². The van der Waals surface area contributed by atoms with Crippen molar-refractivity contribution in [1.29, 1.82) is 0 Å². The second-order valence-electron chi connectivity index (χ2n) is 9.03. The van der Waals surface area contributed by atoms with E-state index in [0.717, 1.165) is 36.1 Å². The number of nitrogens with one attached hydrogen (secondary N) is 1. The average molecular weight is 565 g/mol. The molecule has 0 spiro atoms. The molecular weight excluding hydrogens is 528 g/mol. The first-order chi connectivity index (χ1) is 18.1. The number of carbonyl (C=O) groups is 3. The van der Waals surface area contributed by atoms with E-state index in [4.69, 9.17) is 10.5 Å². The number of thiophene rings is 1. The third kappa shape index (κ3) is 6.72. The fraction of sp³-hybridized carbons (Fsp3) is 0.500. The lowest BCUT2D eigenvalue weighted by Crippen LogP contribution is -2.36. The quantitative estimate of drug-likeness (QED) is 0.396. The lowest BCUT2D eigenvalue weighted by Gasteiger charge is -2.26. The van der Waals surface area contributed by atoms with Crippen molar-refractivity contribution in [2.45, 2.75) is 64.3 Å². The Morgan fingerprint density at radius 1 is 1.08 bits per heavy atom. The highest BCUT2D eigenvalue weighted by Gasteiger charge is 2.30. The first kappa shape index (κ1) is 29.6. The number of hydrogen-bond donors (Lipinski definition) is 2. The van der Waals surface area contributed by atoms with Gasteiger partial charge in [-0.25, -0.2) is 13.2 Å². The van der Waals surface area contributed by atoms with E-state index in [9.17, 15) is 22.8 Å². The van der Waals surface area contributed by atoms with Gasteiger partial charge >= 0.3 is 6.09 Å². The molecule has 10 nitrogen and oxygen atoms in total. The summed E-state index contributed by atoms with van der Waals surface area (Å²) >= 11 is 1.19. The van der Waals surface area contributed by atoms with Crippen molar-refractivity contribution in [3.8, 4) is 0 Å². The predicted octanol–water partition coefficient (Wildman–Crippen LogP) is 4.20. The summed E-state index contributed by atoms with van der Waals surface area (Å²) in [6.07, 6.45) is 3.30. The molecule has 1 aromatic heterocycles. The van der Waals surface area contributed by atoms with Crippen LogP contribution in [-0.4, -0.2) is 61.8 Å². The van der Waals surface area contributed by atoms with E-state index in [-0.39, 0.29) is 29.2 Å². The molecule has 0 atom stereocenters. The number of benzene rings is 1. The van der Waals surface area contributed by atoms with Gasteiger partial charge in [-0.3, -0.25) is 9.59 Å². The second-order valence-corrected chi connectivity index (χ2v) is 12.1. The molecule has 2 aromatic rings. The van der Waals surface area contributed by atoms with Gasteiger partial charge in [-0.05, 0) is 56.0 Å². The molecule has 0 saturated carbocycles. The van der Waals surface area contributed by atoms with Crippen LogP contribution in [0.3, 0.4) is 0 Å². The molecule has 0 bridgehead atoms. The summed E-state index contributed by atoms with van der Waals surface area (Å²) < 4.78 is 33.0. The van der Waals surface area contributed by atoms with Crippen LogP contribution in [0.4, 0.5) is 9.80 Å². The Hall–Kier alpha value is -2.96. The highest BCUT2D eigenvalue weighted by atomic mass is 32.2. The third-order valence-electron chi connectivity index (χ3n) is 6.33. The van der Waals surface area contributed by atoms with E-state index in [0.29, 0.717) is 31.1 Å². The standard InChI is InChI=1S/C26H36N4O6S2/c1-4-7-14-30(15-8-5-2)38(34,35)19-11-9-18(10-12-19)24(32)28-25-22(23(27)31)20-13-16-29(17-21(20)37-25)26(33)36-6-3/h9-12H,4-8,13-17H2,1-3H3,(H2,27,31)(H,28,32). The molecule has 2 heterocycles. The van der Waals surface area contributed by atoms with Crippen LogP contribution in [-0.2, 0) is 27.7 Å². The summed E-state index contributed by atoms with van der Waals surface area (Å²) in [6, 6.07) is 5.78. The molecule has 1 aromatic carbocycles. The summed E-state index contributed by atoms with van der Waals surface area (Å²) in [5.74, 6) is -1.16. The Balaban J connectivity index is 1.79. The maximum absolute atomic E-state index is 13.2. The van der Waals surface area contributed by atoms with Gasteiger partial charge in [-0.15, -0.1) is 11.3 Å². The summed E-state index contributed by atoms with van der Waals surface area (Å²) in [7, 11) is -3.68. The maximum atomic E-state index is 13.2. The zero-order valence-corrected chi connectivity index (χ0v) is 23.8. The highest BCUT2D eigenvalue weighted by molar-refractivity contribution is 7.89. The van der Waals surface area contributed by atoms with Crippen LogP contribution in [0.25, 0.3) is 0 Å². The molecule has 208 valence electrons. The lowest BCUT2D eigenvalue weighted by atomic mass is 10.0. The van der Waals surface area contributed by atoms with Gasteiger partial charge in [0, 0.05) is 30.1 Å². The Kier molecular flexibility index (Phi) is 10.3. The Labute approximate surface area is 228 Å². The summed E-state index contributed by atoms with van der Waals surface area (Å²) in [5, 5.41) is 3.06. The van der Waals surface area contributed by atoms with Gasteiger partial charge in [0.25, 0.3) is 11.8 Å². The van der Waals surface area contributed by atoms with Gasteiger partial charge in [0.1, 0.15) is 5.00 Å². The van der Waals surface area contributed by atoms with E-state index in [1.165, 1.54) is 39.9 Å². The Bertz CT molecular complexity index is 1250. The largest absolute Gasteiger partial charge is 0.450 e. The number of anilines is 1. The molecule has 0 aliphatic carbocycles. The molecule has 0 fully saturated rings. The van der Waals surface area contributed by atoms with Crippen LogP contribution in [0.2, 0.25) is 0 Å². The summed E-state index contributed by atoms with van der Waals surface area (Å²) in [4.78, 5) is 39.9. The number of primary amides is 1. The van der Waals surface area contributed by atoms with Crippen LogP contribution < -0.4 is 11.1 Å². The fourth-order valence-corrected chi connectivity index (χ4v) is 7.03. The molecule has 3 amide bonds. The van der Waals surface area contributed by atoms with E-state index in [1.54, 1.807) is 11.8 Å². The number of rotatable bonds is 12. The molecule has 0 radical (unpaired) electrons. The highest BCUT2D eigenvalue weighted by Crippen LogP contribution is 2.37. The van der Waals surface area contributed by atoms with Crippen LogP contribution in [0, 0.1) is 0 Å². The van der Waals surface area contributed by atoms with Crippen molar-refractivity contribution >= 4 is 44.3 Å². The van der Waals surface area contributed by atoms with Gasteiger partial charge in [-0.2, -0.15) is 4.31 Å². The first-order valence-corrected chi connectivity index (χ1v) is 15.2. The molecule has 3 N–H and O–H groups in total.